The molecular weight excluding hydrogens is 262 g/mol. The van der Waals surface area contributed by atoms with Crippen molar-refractivity contribution >= 4 is 5.91 Å². The Morgan fingerprint density at radius 1 is 1.19 bits per heavy atom. The van der Waals surface area contributed by atoms with E-state index in [-0.39, 0.29) is 5.91 Å². The van der Waals surface area contributed by atoms with Gasteiger partial charge in [-0.25, -0.2) is 0 Å². The number of aryl methyl sites for hydroxylation is 5. The molecule has 0 aliphatic carbocycles. The third-order valence-electron chi connectivity index (χ3n) is 3.75. The van der Waals surface area contributed by atoms with Crippen LogP contribution in [0.4, 0.5) is 0 Å². The predicted molar refractivity (Wildman–Crippen MR) is 84.6 cm³/mol. The van der Waals surface area contributed by atoms with Crippen molar-refractivity contribution in [2.45, 2.75) is 40.5 Å². The summed E-state index contributed by atoms with van der Waals surface area (Å²) in [5, 5.41) is 9.94. The fourth-order valence-corrected chi connectivity index (χ4v) is 2.74. The molecule has 1 heterocycles. The summed E-state index contributed by atoms with van der Waals surface area (Å²) < 4.78 is 0. The summed E-state index contributed by atoms with van der Waals surface area (Å²) in [5.74, 6) is 0.0221. The number of H-pyrrole nitrogens is 1. The molecule has 2 aromatic rings. The average molecular weight is 285 g/mol. The van der Waals surface area contributed by atoms with Crippen molar-refractivity contribution < 1.29 is 4.79 Å². The van der Waals surface area contributed by atoms with Crippen molar-refractivity contribution in [3.63, 3.8) is 0 Å². The van der Waals surface area contributed by atoms with Gasteiger partial charge in [0.2, 0.25) is 0 Å². The zero-order chi connectivity index (χ0) is 15.4. The van der Waals surface area contributed by atoms with E-state index in [1.807, 2.05) is 27.0 Å². The number of rotatable bonds is 5. The number of nitrogens with zero attached hydrogens (tertiary/aromatic N) is 1. The van der Waals surface area contributed by atoms with E-state index in [0.29, 0.717) is 6.54 Å². The summed E-state index contributed by atoms with van der Waals surface area (Å²) in [5.41, 5.74) is 6.39. The maximum Gasteiger partial charge on any atom is 0.251 e. The molecule has 2 rings (SSSR count). The van der Waals surface area contributed by atoms with E-state index in [9.17, 15) is 4.79 Å². The number of nitrogens with one attached hydrogen (secondary N) is 2. The molecule has 0 fully saturated rings. The average Bonchev–Trinajstić information content (AvgIpc) is 2.79. The van der Waals surface area contributed by atoms with Crippen molar-refractivity contribution in [3.05, 3.63) is 51.8 Å². The number of hydrogen-bond acceptors (Lipinski definition) is 2. The molecule has 1 aromatic carbocycles. The third kappa shape index (κ3) is 3.72. The summed E-state index contributed by atoms with van der Waals surface area (Å²) in [6.07, 6.45) is 3.69. The minimum atomic E-state index is 0.0221. The molecule has 112 valence electrons. The van der Waals surface area contributed by atoms with Crippen LogP contribution in [-0.2, 0) is 6.42 Å². The predicted octanol–water partition coefficient (Wildman–Crippen LogP) is 3.01. The van der Waals surface area contributed by atoms with Gasteiger partial charge in [-0.1, -0.05) is 17.7 Å². The number of hydrogen-bond donors (Lipinski definition) is 2. The van der Waals surface area contributed by atoms with E-state index in [1.54, 1.807) is 0 Å². The van der Waals surface area contributed by atoms with Crippen LogP contribution < -0.4 is 5.32 Å². The van der Waals surface area contributed by atoms with E-state index >= 15 is 0 Å². The molecule has 0 aliphatic heterocycles. The van der Waals surface area contributed by atoms with E-state index in [2.05, 4.69) is 34.6 Å². The Labute approximate surface area is 126 Å². The van der Waals surface area contributed by atoms with E-state index in [1.165, 1.54) is 11.1 Å². The minimum Gasteiger partial charge on any atom is -0.352 e. The molecule has 0 radical (unpaired) electrons. The first-order chi connectivity index (χ1) is 9.99. The SMILES string of the molecule is Cc1cc(C)c(C(=O)NCCCc2cn[nH]c2C)c(C)c1. The molecule has 0 atom stereocenters. The van der Waals surface area contributed by atoms with Crippen LogP contribution in [0.2, 0.25) is 0 Å². The van der Waals surface area contributed by atoms with E-state index in [4.69, 9.17) is 0 Å². The smallest absolute Gasteiger partial charge is 0.251 e. The molecule has 0 bridgehead atoms. The Bertz CT molecular complexity index is 620. The van der Waals surface area contributed by atoms with Crippen LogP contribution in [0.3, 0.4) is 0 Å². The van der Waals surface area contributed by atoms with Crippen molar-refractivity contribution in [1.82, 2.24) is 15.5 Å². The maximum atomic E-state index is 12.3. The lowest BCUT2D eigenvalue weighted by atomic mass is 9.99. The van der Waals surface area contributed by atoms with Crippen molar-refractivity contribution in [1.29, 1.82) is 0 Å². The number of amides is 1. The first kappa shape index (κ1) is 15.3. The Hall–Kier alpha value is -2.10. The minimum absolute atomic E-state index is 0.0221. The molecule has 1 amide bonds. The molecule has 1 aromatic heterocycles. The third-order valence-corrected chi connectivity index (χ3v) is 3.75. The van der Waals surface area contributed by atoms with Crippen LogP contribution >= 0.6 is 0 Å². The standard InChI is InChI=1S/C17H23N3O/c1-11-8-12(2)16(13(3)9-11)17(21)18-7-5-6-15-10-19-20-14(15)4/h8-10H,5-7H2,1-4H3,(H,18,21)(H,19,20). The molecule has 2 N–H and O–H groups in total. The number of aromatic amines is 1. The largest absolute Gasteiger partial charge is 0.352 e. The molecule has 21 heavy (non-hydrogen) atoms. The van der Waals surface area contributed by atoms with Gasteiger partial charge in [0.1, 0.15) is 0 Å². The summed E-state index contributed by atoms with van der Waals surface area (Å²) in [6.45, 7) is 8.72. The van der Waals surface area contributed by atoms with Gasteiger partial charge in [-0.2, -0.15) is 5.10 Å². The lowest BCUT2D eigenvalue weighted by molar-refractivity contribution is 0.0952. The van der Waals surface area contributed by atoms with Gasteiger partial charge in [-0.05, 0) is 57.2 Å². The molecule has 0 unspecified atom stereocenters. The lowest BCUT2D eigenvalue weighted by Gasteiger charge is -2.11. The monoisotopic (exact) mass is 285 g/mol. The van der Waals surface area contributed by atoms with Gasteiger partial charge >= 0.3 is 0 Å². The molecule has 0 spiro atoms. The summed E-state index contributed by atoms with van der Waals surface area (Å²) in [7, 11) is 0. The molecule has 4 heteroatoms. The lowest BCUT2D eigenvalue weighted by Crippen LogP contribution is -2.26. The van der Waals surface area contributed by atoms with Crippen molar-refractivity contribution in [3.8, 4) is 0 Å². The maximum absolute atomic E-state index is 12.3. The Balaban J connectivity index is 1.89. The molecule has 0 aliphatic rings. The highest BCUT2D eigenvalue weighted by Crippen LogP contribution is 2.16. The fraction of sp³-hybridized carbons (Fsp3) is 0.412. The molecule has 0 saturated heterocycles. The molecule has 4 nitrogen and oxygen atoms in total. The summed E-state index contributed by atoms with van der Waals surface area (Å²) in [6, 6.07) is 4.10. The van der Waals surface area contributed by atoms with Gasteiger partial charge in [-0.15, -0.1) is 0 Å². The number of aromatic nitrogens is 2. The highest BCUT2D eigenvalue weighted by Gasteiger charge is 2.12. The highest BCUT2D eigenvalue weighted by molar-refractivity contribution is 5.97. The van der Waals surface area contributed by atoms with Crippen LogP contribution in [0.1, 0.15) is 44.7 Å². The van der Waals surface area contributed by atoms with Crippen molar-refractivity contribution in [2.24, 2.45) is 0 Å². The number of carbonyl (C=O) groups excluding carboxylic acids is 1. The number of carbonyl (C=O) groups is 1. The zero-order valence-electron chi connectivity index (χ0n) is 13.2. The first-order valence-electron chi connectivity index (χ1n) is 7.34. The van der Waals surface area contributed by atoms with Crippen molar-refractivity contribution in [2.75, 3.05) is 6.54 Å². The second-order valence-corrected chi connectivity index (χ2v) is 5.65. The van der Waals surface area contributed by atoms with Gasteiger partial charge < -0.3 is 5.32 Å². The van der Waals surface area contributed by atoms with Crippen LogP contribution in [0.25, 0.3) is 0 Å². The van der Waals surface area contributed by atoms with Gasteiger partial charge in [0, 0.05) is 17.8 Å². The topological polar surface area (TPSA) is 57.8 Å². The molecule has 0 saturated carbocycles. The Morgan fingerprint density at radius 3 is 2.43 bits per heavy atom. The Morgan fingerprint density at radius 2 is 1.86 bits per heavy atom. The van der Waals surface area contributed by atoms with Gasteiger partial charge in [0.15, 0.2) is 0 Å². The summed E-state index contributed by atoms with van der Waals surface area (Å²) >= 11 is 0. The van der Waals surface area contributed by atoms with Gasteiger partial charge in [0.05, 0.1) is 6.20 Å². The second-order valence-electron chi connectivity index (χ2n) is 5.65. The first-order valence-corrected chi connectivity index (χ1v) is 7.34. The normalized spacial score (nSPS) is 10.7. The van der Waals surface area contributed by atoms with Crippen LogP contribution in [0, 0.1) is 27.7 Å². The fourth-order valence-electron chi connectivity index (χ4n) is 2.74. The highest BCUT2D eigenvalue weighted by atomic mass is 16.1. The van der Waals surface area contributed by atoms with Gasteiger partial charge in [-0.3, -0.25) is 9.89 Å². The quantitative estimate of drug-likeness (QED) is 0.830. The van der Waals surface area contributed by atoms with Crippen LogP contribution in [0.5, 0.6) is 0 Å². The van der Waals surface area contributed by atoms with Crippen LogP contribution in [0.15, 0.2) is 18.3 Å². The second kappa shape index (κ2) is 6.57. The van der Waals surface area contributed by atoms with E-state index < -0.39 is 0 Å². The molecular formula is C17H23N3O. The zero-order valence-corrected chi connectivity index (χ0v) is 13.2. The van der Waals surface area contributed by atoms with E-state index in [0.717, 1.165) is 35.2 Å². The van der Waals surface area contributed by atoms with Crippen LogP contribution in [-0.4, -0.2) is 22.6 Å². The Kier molecular flexibility index (Phi) is 4.78. The summed E-state index contributed by atoms with van der Waals surface area (Å²) in [4.78, 5) is 12.3. The van der Waals surface area contributed by atoms with Gasteiger partial charge in [0.25, 0.3) is 5.91 Å². The number of benzene rings is 1.